The van der Waals surface area contributed by atoms with E-state index in [1.165, 1.54) is 0 Å². The number of sulfone groups is 1. The molecule has 1 aliphatic heterocycles. The minimum Gasteiger partial charge on any atom is -0.469 e. The third-order valence-electron chi connectivity index (χ3n) is 6.02. The van der Waals surface area contributed by atoms with Gasteiger partial charge < -0.3 is 14.6 Å². The van der Waals surface area contributed by atoms with E-state index in [4.69, 9.17) is 9.41 Å². The molecular weight excluding hydrogens is 489 g/mol. The first kappa shape index (κ1) is 23.5. The first-order valence-corrected chi connectivity index (χ1v) is 11.9. The summed E-state index contributed by atoms with van der Waals surface area (Å²) in [5.74, 6) is 1.99. The standard InChI is InChI=1S/C20H33N3O3S.HI/c1-3-17(2)22-19(21-12-9-18-8-7-14-26-18)23-13-15-27(24,25)20(16-23)10-5-4-6-11-20;/h7-8,14,17H,3-6,9-13,15-16H2,1-2H3,(H,21,22);1H. The van der Waals surface area contributed by atoms with Crippen molar-refractivity contribution >= 4 is 39.8 Å². The molecule has 0 radical (unpaired) electrons. The van der Waals surface area contributed by atoms with Crippen LogP contribution in [-0.4, -0.2) is 55.5 Å². The zero-order valence-electron chi connectivity index (χ0n) is 17.0. The van der Waals surface area contributed by atoms with Crippen molar-refractivity contribution in [1.82, 2.24) is 10.2 Å². The Hall–Kier alpha value is -0.770. The monoisotopic (exact) mass is 523 g/mol. The van der Waals surface area contributed by atoms with Gasteiger partial charge in [0, 0.05) is 32.1 Å². The van der Waals surface area contributed by atoms with Crippen LogP contribution in [-0.2, 0) is 16.3 Å². The van der Waals surface area contributed by atoms with E-state index in [2.05, 4.69) is 24.1 Å². The molecule has 1 unspecified atom stereocenters. The molecule has 6 nitrogen and oxygen atoms in total. The molecule has 0 aromatic carbocycles. The van der Waals surface area contributed by atoms with Gasteiger partial charge >= 0.3 is 0 Å². The van der Waals surface area contributed by atoms with Crippen LogP contribution in [0.4, 0.5) is 0 Å². The van der Waals surface area contributed by atoms with Gasteiger partial charge in [-0.2, -0.15) is 0 Å². The van der Waals surface area contributed by atoms with Gasteiger partial charge in [-0.15, -0.1) is 24.0 Å². The maximum Gasteiger partial charge on any atom is 0.194 e. The Kier molecular flexibility index (Phi) is 8.66. The number of guanidine groups is 1. The lowest BCUT2D eigenvalue weighted by Gasteiger charge is -2.45. The van der Waals surface area contributed by atoms with Crippen LogP contribution in [0.15, 0.2) is 27.8 Å². The van der Waals surface area contributed by atoms with E-state index >= 15 is 0 Å². The van der Waals surface area contributed by atoms with Crippen molar-refractivity contribution in [2.75, 3.05) is 25.4 Å². The zero-order chi connectivity index (χ0) is 19.3. The molecule has 1 N–H and O–H groups in total. The SMILES string of the molecule is CCC(C)NC(=NCCc1ccco1)N1CCS(=O)(=O)C2(CCCCC2)C1.I. The summed E-state index contributed by atoms with van der Waals surface area (Å²) in [7, 11) is -3.04. The predicted molar refractivity (Wildman–Crippen MR) is 124 cm³/mol. The van der Waals surface area contributed by atoms with E-state index in [1.807, 2.05) is 12.1 Å². The van der Waals surface area contributed by atoms with Gasteiger partial charge in [-0.3, -0.25) is 4.99 Å². The molecule has 0 amide bonds. The molecule has 1 saturated carbocycles. The average Bonchev–Trinajstić information content (AvgIpc) is 3.17. The van der Waals surface area contributed by atoms with E-state index in [-0.39, 0.29) is 29.7 Å². The van der Waals surface area contributed by atoms with Crippen molar-refractivity contribution in [3.05, 3.63) is 24.2 Å². The van der Waals surface area contributed by atoms with E-state index in [9.17, 15) is 8.42 Å². The zero-order valence-corrected chi connectivity index (χ0v) is 20.2. The van der Waals surface area contributed by atoms with Crippen LogP contribution in [0.2, 0.25) is 0 Å². The number of nitrogens with zero attached hydrogens (tertiary/aromatic N) is 2. The van der Waals surface area contributed by atoms with E-state index in [0.29, 0.717) is 25.7 Å². The molecule has 0 bridgehead atoms. The molecule has 2 heterocycles. The maximum atomic E-state index is 12.9. The van der Waals surface area contributed by atoms with Crippen molar-refractivity contribution in [1.29, 1.82) is 0 Å². The minimum atomic E-state index is -3.04. The Morgan fingerprint density at radius 1 is 1.36 bits per heavy atom. The smallest absolute Gasteiger partial charge is 0.194 e. The molecular formula is C20H34IN3O3S. The van der Waals surface area contributed by atoms with Gasteiger partial charge in [-0.25, -0.2) is 8.42 Å². The van der Waals surface area contributed by atoms with Gasteiger partial charge in [-0.1, -0.05) is 26.2 Å². The topological polar surface area (TPSA) is 74.9 Å². The lowest BCUT2D eigenvalue weighted by atomic mass is 9.87. The summed E-state index contributed by atoms with van der Waals surface area (Å²) in [5, 5.41) is 3.52. The van der Waals surface area contributed by atoms with Gasteiger partial charge in [-0.05, 0) is 38.3 Å². The first-order valence-electron chi connectivity index (χ1n) is 10.3. The number of rotatable bonds is 5. The van der Waals surface area contributed by atoms with Crippen molar-refractivity contribution < 1.29 is 12.8 Å². The second kappa shape index (κ2) is 10.3. The second-order valence-electron chi connectivity index (χ2n) is 7.97. The minimum absolute atomic E-state index is 0. The van der Waals surface area contributed by atoms with Crippen LogP contribution in [0.3, 0.4) is 0 Å². The van der Waals surface area contributed by atoms with Crippen LogP contribution in [0.25, 0.3) is 0 Å². The number of aliphatic imine (C=N–C) groups is 1. The maximum absolute atomic E-state index is 12.9. The summed E-state index contributed by atoms with van der Waals surface area (Å²) in [6, 6.07) is 4.15. The quantitative estimate of drug-likeness (QED) is 0.363. The third kappa shape index (κ3) is 5.43. The fourth-order valence-electron chi connectivity index (χ4n) is 4.10. The lowest BCUT2D eigenvalue weighted by molar-refractivity contribution is 0.272. The Morgan fingerprint density at radius 3 is 2.75 bits per heavy atom. The van der Waals surface area contributed by atoms with Crippen LogP contribution in [0.1, 0.15) is 58.1 Å². The highest BCUT2D eigenvalue weighted by Gasteiger charge is 2.48. The summed E-state index contributed by atoms with van der Waals surface area (Å²) < 4.78 is 30.6. The molecule has 1 aliphatic carbocycles. The number of halogens is 1. The molecule has 1 aromatic rings. The van der Waals surface area contributed by atoms with Gasteiger partial charge in [0.15, 0.2) is 15.8 Å². The van der Waals surface area contributed by atoms with Crippen LogP contribution >= 0.6 is 24.0 Å². The molecule has 1 saturated heterocycles. The molecule has 1 spiro atoms. The molecule has 1 atom stereocenters. The highest BCUT2D eigenvalue weighted by molar-refractivity contribution is 14.0. The van der Waals surface area contributed by atoms with Crippen molar-refractivity contribution in [2.45, 2.75) is 69.6 Å². The summed E-state index contributed by atoms with van der Waals surface area (Å²) in [6.07, 6.45) is 8.16. The average molecular weight is 523 g/mol. The highest BCUT2D eigenvalue weighted by Crippen LogP contribution is 2.38. The normalized spacial score (nSPS) is 22.5. The number of hydrogen-bond donors (Lipinski definition) is 1. The van der Waals surface area contributed by atoms with Crippen molar-refractivity contribution in [2.24, 2.45) is 4.99 Å². The Balaban J connectivity index is 0.00000280. The van der Waals surface area contributed by atoms with E-state index < -0.39 is 14.6 Å². The fraction of sp³-hybridized carbons (Fsp3) is 0.750. The van der Waals surface area contributed by atoms with Crippen LogP contribution in [0, 0.1) is 0 Å². The van der Waals surface area contributed by atoms with Crippen LogP contribution < -0.4 is 5.32 Å². The molecule has 2 fully saturated rings. The summed E-state index contributed by atoms with van der Waals surface area (Å²) >= 11 is 0. The van der Waals surface area contributed by atoms with Gasteiger partial charge in [0.25, 0.3) is 0 Å². The molecule has 28 heavy (non-hydrogen) atoms. The largest absolute Gasteiger partial charge is 0.469 e. The summed E-state index contributed by atoms with van der Waals surface area (Å²) in [4.78, 5) is 6.99. The summed E-state index contributed by atoms with van der Waals surface area (Å²) in [6.45, 7) is 5.99. The first-order chi connectivity index (χ1) is 13.0. The Labute approximate surface area is 186 Å². The van der Waals surface area contributed by atoms with E-state index in [1.54, 1.807) is 6.26 Å². The molecule has 3 rings (SSSR count). The molecule has 160 valence electrons. The van der Waals surface area contributed by atoms with Crippen LogP contribution in [0.5, 0.6) is 0 Å². The Bertz CT molecular complexity index is 728. The number of hydrogen-bond acceptors (Lipinski definition) is 4. The lowest BCUT2D eigenvalue weighted by Crippen LogP contribution is -2.61. The number of furan rings is 1. The second-order valence-corrected chi connectivity index (χ2v) is 10.5. The predicted octanol–water partition coefficient (Wildman–Crippen LogP) is 3.62. The van der Waals surface area contributed by atoms with Gasteiger partial charge in [0.1, 0.15) is 5.76 Å². The molecule has 2 aliphatic rings. The highest BCUT2D eigenvalue weighted by atomic mass is 127. The fourth-order valence-corrected chi connectivity index (χ4v) is 6.26. The van der Waals surface area contributed by atoms with E-state index in [0.717, 1.165) is 56.7 Å². The number of nitrogens with one attached hydrogen (secondary N) is 1. The Morgan fingerprint density at radius 2 is 2.11 bits per heavy atom. The van der Waals surface area contributed by atoms with Gasteiger partial charge in [0.2, 0.25) is 0 Å². The van der Waals surface area contributed by atoms with Gasteiger partial charge in [0.05, 0.1) is 16.8 Å². The van der Waals surface area contributed by atoms with Crippen molar-refractivity contribution in [3.8, 4) is 0 Å². The van der Waals surface area contributed by atoms with Crippen molar-refractivity contribution in [3.63, 3.8) is 0 Å². The third-order valence-corrected chi connectivity index (χ3v) is 8.60. The summed E-state index contributed by atoms with van der Waals surface area (Å²) in [5.41, 5.74) is 0. The molecule has 8 heteroatoms. The molecule has 1 aromatic heterocycles.